The number of anilines is 2. The van der Waals surface area contributed by atoms with Gasteiger partial charge in [0, 0.05) is 31.6 Å². The number of nitrogens with one attached hydrogen (secondary N) is 1. The topological polar surface area (TPSA) is 82.7 Å². The largest absolute Gasteiger partial charge is 0.346 e. The summed E-state index contributed by atoms with van der Waals surface area (Å²) in [7, 11) is 1.87. The van der Waals surface area contributed by atoms with Crippen molar-refractivity contribution in [1.29, 1.82) is 0 Å². The first-order chi connectivity index (χ1) is 17.5. The summed E-state index contributed by atoms with van der Waals surface area (Å²) < 4.78 is 23.9. The Labute approximate surface area is 207 Å². The molecule has 3 aromatic heterocycles. The summed E-state index contributed by atoms with van der Waals surface area (Å²) in [5.41, 5.74) is 3.53. The Morgan fingerprint density at radius 2 is 2.08 bits per heavy atom. The Morgan fingerprint density at radius 1 is 1.17 bits per heavy atom. The maximum absolute atomic E-state index is 14.1. The molecule has 8 nitrogen and oxygen atoms in total. The second-order valence-electron chi connectivity index (χ2n) is 9.02. The minimum Gasteiger partial charge on any atom is -0.346 e. The summed E-state index contributed by atoms with van der Waals surface area (Å²) in [6.45, 7) is 2.22. The molecule has 0 aliphatic carbocycles. The SMILES string of the molecule is Cc1ccc(CC2COC3C#CC/C(c4ccnc(Nc5ccnn5C)c4)=C\c4nnc2n43)cc1F. The summed E-state index contributed by atoms with van der Waals surface area (Å²) in [6, 6.07) is 11.2. The van der Waals surface area contributed by atoms with Crippen molar-refractivity contribution in [2.45, 2.75) is 31.9 Å². The number of nitrogens with zero attached hydrogens (tertiary/aromatic N) is 6. The number of aryl methyl sites for hydroxylation is 2. The molecule has 0 radical (unpaired) electrons. The molecule has 2 atom stereocenters. The molecule has 5 heterocycles. The third-order valence-electron chi connectivity index (χ3n) is 6.54. The molecular formula is C27H24FN7O. The molecule has 2 aliphatic heterocycles. The summed E-state index contributed by atoms with van der Waals surface area (Å²) >= 11 is 0. The van der Waals surface area contributed by atoms with E-state index in [1.807, 2.05) is 42.0 Å². The van der Waals surface area contributed by atoms with Gasteiger partial charge in [-0.05, 0) is 65.8 Å². The number of pyridine rings is 1. The number of rotatable bonds is 5. The van der Waals surface area contributed by atoms with Crippen LogP contribution in [0.15, 0.2) is 48.8 Å². The number of halogens is 1. The number of hydrogen-bond acceptors (Lipinski definition) is 6. The zero-order valence-electron chi connectivity index (χ0n) is 19.9. The molecule has 0 fully saturated rings. The predicted molar refractivity (Wildman–Crippen MR) is 134 cm³/mol. The maximum atomic E-state index is 14.1. The zero-order chi connectivity index (χ0) is 24.6. The van der Waals surface area contributed by atoms with Crippen LogP contribution in [0.4, 0.5) is 16.0 Å². The molecule has 0 saturated heterocycles. The summed E-state index contributed by atoms with van der Waals surface area (Å²) in [5.74, 6) is 9.30. The lowest BCUT2D eigenvalue weighted by Crippen LogP contribution is -2.28. The van der Waals surface area contributed by atoms with Crippen molar-refractivity contribution in [2.75, 3.05) is 11.9 Å². The highest BCUT2D eigenvalue weighted by Crippen LogP contribution is 2.33. The molecule has 4 aromatic rings. The molecular weight excluding hydrogens is 457 g/mol. The van der Waals surface area contributed by atoms with E-state index in [-0.39, 0.29) is 11.7 Å². The van der Waals surface area contributed by atoms with Gasteiger partial charge in [0.15, 0.2) is 12.1 Å². The van der Waals surface area contributed by atoms with Crippen molar-refractivity contribution in [3.05, 3.63) is 82.9 Å². The van der Waals surface area contributed by atoms with Crippen LogP contribution in [0.5, 0.6) is 0 Å². The molecule has 1 N–H and O–H groups in total. The van der Waals surface area contributed by atoms with Crippen LogP contribution < -0.4 is 5.32 Å². The van der Waals surface area contributed by atoms with Gasteiger partial charge in [-0.15, -0.1) is 10.2 Å². The van der Waals surface area contributed by atoms with E-state index in [2.05, 4.69) is 37.4 Å². The van der Waals surface area contributed by atoms with Crippen LogP contribution >= 0.6 is 0 Å². The van der Waals surface area contributed by atoms with Gasteiger partial charge in [0.2, 0.25) is 0 Å². The van der Waals surface area contributed by atoms with Gasteiger partial charge in [0.05, 0.1) is 12.8 Å². The predicted octanol–water partition coefficient (Wildman–Crippen LogP) is 4.40. The Morgan fingerprint density at radius 3 is 2.92 bits per heavy atom. The smallest absolute Gasteiger partial charge is 0.200 e. The van der Waals surface area contributed by atoms with E-state index in [4.69, 9.17) is 4.74 Å². The third kappa shape index (κ3) is 4.16. The fourth-order valence-corrected chi connectivity index (χ4v) is 4.55. The first-order valence-corrected chi connectivity index (χ1v) is 11.8. The molecule has 6 rings (SSSR count). The third-order valence-corrected chi connectivity index (χ3v) is 6.54. The lowest BCUT2D eigenvalue weighted by atomic mass is 9.97. The standard InChI is InChI=1S/C27H24FN7O/c1-17-6-7-18(13-22(17)28)12-21-16-36-26-5-3-4-19(15-25-32-33-27(21)35(25)26)20-8-10-29-23(14-20)31-24-9-11-30-34(24)2/h6-11,13-15,21,26H,4,12,16H2,1-2H3,(H,29,31)/b19-15+. The highest BCUT2D eigenvalue weighted by molar-refractivity contribution is 5.82. The van der Waals surface area contributed by atoms with Gasteiger partial charge in [-0.2, -0.15) is 5.10 Å². The first-order valence-electron chi connectivity index (χ1n) is 11.8. The van der Waals surface area contributed by atoms with Gasteiger partial charge in [0.25, 0.3) is 0 Å². The van der Waals surface area contributed by atoms with Crippen LogP contribution in [-0.4, -0.2) is 36.1 Å². The van der Waals surface area contributed by atoms with Crippen molar-refractivity contribution in [3.63, 3.8) is 0 Å². The number of hydrogen-bond donors (Lipinski definition) is 1. The minimum absolute atomic E-state index is 0.0432. The molecule has 9 heteroatoms. The van der Waals surface area contributed by atoms with Crippen LogP contribution in [0.3, 0.4) is 0 Å². The highest BCUT2D eigenvalue weighted by atomic mass is 19.1. The lowest BCUT2D eigenvalue weighted by molar-refractivity contribution is 0.00715. The van der Waals surface area contributed by atoms with Crippen molar-refractivity contribution in [3.8, 4) is 11.8 Å². The van der Waals surface area contributed by atoms with E-state index in [0.717, 1.165) is 28.3 Å². The van der Waals surface area contributed by atoms with E-state index in [0.29, 0.717) is 36.7 Å². The molecule has 0 bridgehead atoms. The second kappa shape index (κ2) is 9.06. The summed E-state index contributed by atoms with van der Waals surface area (Å²) in [6.07, 6.45) is 6.23. The van der Waals surface area contributed by atoms with Gasteiger partial charge in [-0.25, -0.2) is 9.37 Å². The van der Waals surface area contributed by atoms with Crippen LogP contribution in [0, 0.1) is 24.6 Å². The number of allylic oxidation sites excluding steroid dienone is 1. The van der Waals surface area contributed by atoms with E-state index in [1.165, 1.54) is 0 Å². The molecule has 0 amide bonds. The number of benzene rings is 1. The lowest BCUT2D eigenvalue weighted by Gasteiger charge is -2.29. The summed E-state index contributed by atoms with van der Waals surface area (Å²) in [5, 5.41) is 16.5. The normalized spacial score (nSPS) is 19.8. The van der Waals surface area contributed by atoms with E-state index < -0.39 is 6.23 Å². The number of ether oxygens (including phenoxy) is 1. The van der Waals surface area contributed by atoms with Crippen LogP contribution in [0.1, 0.15) is 46.9 Å². The monoisotopic (exact) mass is 481 g/mol. The van der Waals surface area contributed by atoms with Crippen molar-refractivity contribution >= 4 is 23.3 Å². The molecule has 2 unspecified atom stereocenters. The molecule has 2 aliphatic rings. The minimum atomic E-state index is -0.437. The molecule has 1 aromatic carbocycles. The average Bonchev–Trinajstić information content (AvgIpc) is 3.47. The Kier molecular flexibility index (Phi) is 5.58. The Balaban J connectivity index is 1.31. The molecule has 180 valence electrons. The van der Waals surface area contributed by atoms with Crippen LogP contribution in [0.2, 0.25) is 0 Å². The van der Waals surface area contributed by atoms with Gasteiger partial charge in [-0.1, -0.05) is 18.1 Å². The molecule has 0 saturated carbocycles. The zero-order valence-corrected chi connectivity index (χ0v) is 19.9. The van der Waals surface area contributed by atoms with Crippen molar-refractivity contribution in [1.82, 2.24) is 29.5 Å². The average molecular weight is 482 g/mol. The van der Waals surface area contributed by atoms with Crippen LogP contribution in [0.25, 0.3) is 11.6 Å². The van der Waals surface area contributed by atoms with Crippen LogP contribution in [-0.2, 0) is 18.2 Å². The van der Waals surface area contributed by atoms with Gasteiger partial charge in [-0.3, -0.25) is 9.25 Å². The van der Waals surface area contributed by atoms with E-state index in [9.17, 15) is 4.39 Å². The fraction of sp³-hybridized carbons (Fsp3) is 0.259. The quantitative estimate of drug-likeness (QED) is 0.426. The second-order valence-corrected chi connectivity index (χ2v) is 9.02. The van der Waals surface area contributed by atoms with Crippen molar-refractivity contribution < 1.29 is 9.13 Å². The van der Waals surface area contributed by atoms with Crippen molar-refractivity contribution in [2.24, 2.45) is 7.05 Å². The maximum Gasteiger partial charge on any atom is 0.200 e. The first kappa shape index (κ1) is 22.2. The Hall–Kier alpha value is -4.29. The summed E-state index contributed by atoms with van der Waals surface area (Å²) in [4.78, 5) is 4.44. The number of aromatic nitrogens is 6. The van der Waals surface area contributed by atoms with Gasteiger partial charge >= 0.3 is 0 Å². The van der Waals surface area contributed by atoms with Gasteiger partial charge < -0.3 is 10.1 Å². The van der Waals surface area contributed by atoms with Gasteiger partial charge in [0.1, 0.15) is 23.3 Å². The molecule has 36 heavy (non-hydrogen) atoms. The highest BCUT2D eigenvalue weighted by Gasteiger charge is 2.32. The van der Waals surface area contributed by atoms with E-state index in [1.54, 1.807) is 36.1 Å². The Bertz CT molecular complexity index is 1540. The van der Waals surface area contributed by atoms with E-state index >= 15 is 0 Å². The molecule has 0 spiro atoms. The fourth-order valence-electron chi connectivity index (χ4n) is 4.55.